The van der Waals surface area contributed by atoms with Crippen LogP contribution in [0.25, 0.3) is 5.57 Å². The molecule has 5 fully saturated rings. The van der Waals surface area contributed by atoms with Gasteiger partial charge in [0.05, 0.1) is 6.42 Å². The van der Waals surface area contributed by atoms with Crippen molar-refractivity contribution < 1.29 is 19.1 Å². The fraction of sp³-hybridized carbons (Fsp3) is 0.655. The van der Waals surface area contributed by atoms with Crippen molar-refractivity contribution in [2.75, 3.05) is 0 Å². The highest BCUT2D eigenvalue weighted by molar-refractivity contribution is 6.20. The summed E-state index contributed by atoms with van der Waals surface area (Å²) in [6.45, 7) is 6.13. The molecule has 7 rings (SSSR count). The van der Waals surface area contributed by atoms with Crippen LogP contribution in [-0.2, 0) is 19.1 Å². The van der Waals surface area contributed by atoms with Crippen LogP contribution in [-0.4, -0.2) is 17.5 Å². The summed E-state index contributed by atoms with van der Waals surface area (Å²) in [4.78, 5) is 26.8. The first-order valence-electron chi connectivity index (χ1n) is 13.0. The van der Waals surface area contributed by atoms with Gasteiger partial charge in [-0.1, -0.05) is 17.7 Å². The van der Waals surface area contributed by atoms with Crippen molar-refractivity contribution in [3.05, 3.63) is 40.1 Å². The van der Waals surface area contributed by atoms with Crippen molar-refractivity contribution in [3.8, 4) is 0 Å². The van der Waals surface area contributed by atoms with E-state index in [1.54, 1.807) is 0 Å². The minimum absolute atomic E-state index is 0.120. The molecular formula is C29H36O4. The predicted molar refractivity (Wildman–Crippen MR) is 126 cm³/mol. The lowest BCUT2D eigenvalue weighted by Crippen LogP contribution is -2.47. The first-order chi connectivity index (χ1) is 15.8. The minimum atomic E-state index is -0.757. The van der Waals surface area contributed by atoms with Crippen LogP contribution < -0.4 is 0 Å². The molecule has 0 radical (unpaired) electrons. The molecule has 33 heavy (non-hydrogen) atoms. The van der Waals surface area contributed by atoms with E-state index in [1.165, 1.54) is 38.5 Å². The average molecular weight is 449 g/mol. The number of rotatable bonds is 4. The summed E-state index contributed by atoms with van der Waals surface area (Å²) in [5, 5.41) is 0. The third kappa shape index (κ3) is 3.47. The Morgan fingerprint density at radius 3 is 2.06 bits per heavy atom. The monoisotopic (exact) mass is 448 g/mol. The van der Waals surface area contributed by atoms with Gasteiger partial charge in [-0.2, -0.15) is 0 Å². The lowest BCUT2D eigenvalue weighted by molar-refractivity contribution is -0.156. The van der Waals surface area contributed by atoms with Crippen LogP contribution in [0.15, 0.2) is 17.9 Å². The predicted octanol–water partition coefficient (Wildman–Crippen LogP) is 6.34. The minimum Gasteiger partial charge on any atom is -0.447 e. The van der Waals surface area contributed by atoms with Gasteiger partial charge >= 0.3 is 11.9 Å². The molecule has 1 aliphatic heterocycles. The fourth-order valence-corrected chi connectivity index (χ4v) is 8.77. The normalized spacial score (nSPS) is 33.8. The van der Waals surface area contributed by atoms with Gasteiger partial charge in [-0.05, 0) is 125 Å². The molecule has 0 atom stereocenters. The van der Waals surface area contributed by atoms with Crippen LogP contribution in [0.5, 0.6) is 0 Å². The van der Waals surface area contributed by atoms with E-state index in [-0.39, 0.29) is 17.4 Å². The van der Waals surface area contributed by atoms with Crippen molar-refractivity contribution in [2.24, 2.45) is 23.2 Å². The molecule has 6 aliphatic rings. The van der Waals surface area contributed by atoms with E-state index >= 15 is 0 Å². The second-order valence-electron chi connectivity index (χ2n) is 12.1. The number of esters is 2. The zero-order chi connectivity index (χ0) is 23.0. The fourth-order valence-electron chi connectivity index (χ4n) is 8.77. The smallest absolute Gasteiger partial charge is 0.343 e. The molecule has 1 aromatic rings. The molecule has 176 valence electrons. The number of carbonyl (C=O) groups excluding carboxylic acids is 2. The van der Waals surface area contributed by atoms with Gasteiger partial charge < -0.3 is 9.47 Å². The molecule has 1 heterocycles. The molecule has 0 aromatic heterocycles. The van der Waals surface area contributed by atoms with E-state index < -0.39 is 5.60 Å². The summed E-state index contributed by atoms with van der Waals surface area (Å²) in [7, 11) is 0. The Kier molecular flexibility index (Phi) is 4.84. The Labute approximate surface area is 197 Å². The van der Waals surface area contributed by atoms with Crippen LogP contribution in [0.3, 0.4) is 0 Å². The zero-order valence-electron chi connectivity index (χ0n) is 20.3. The highest BCUT2D eigenvalue weighted by Gasteiger charge is 2.55. The first kappa shape index (κ1) is 21.4. The summed E-state index contributed by atoms with van der Waals surface area (Å²) < 4.78 is 12.3. The Morgan fingerprint density at radius 1 is 0.970 bits per heavy atom. The summed E-state index contributed by atoms with van der Waals surface area (Å²) in [6.07, 6.45) is 11.6. The van der Waals surface area contributed by atoms with Crippen molar-refractivity contribution >= 4 is 17.5 Å². The van der Waals surface area contributed by atoms with E-state index in [4.69, 9.17) is 9.47 Å². The molecule has 4 bridgehead atoms. The Balaban J connectivity index is 1.35. The maximum absolute atomic E-state index is 13.5. The standard InChI is InChI=1S/C29H36O4/c1-17-8-18(2)24(19(3)9-17)25-26(29(33-27(25)31)6-4-5-7-29)32-23(30)16-28-13-20-10-21(14-28)12-22(11-20)15-28/h8-9,20-22H,4-7,10-16H2,1-3H3. The topological polar surface area (TPSA) is 52.6 Å². The Hall–Kier alpha value is -2.10. The summed E-state index contributed by atoms with van der Waals surface area (Å²) >= 11 is 0. The maximum atomic E-state index is 13.5. The van der Waals surface area contributed by atoms with Gasteiger partial charge in [0, 0.05) is 0 Å². The summed E-state index contributed by atoms with van der Waals surface area (Å²) in [5.74, 6) is 2.42. The van der Waals surface area contributed by atoms with Crippen LogP contribution in [0.1, 0.15) is 92.9 Å². The summed E-state index contributed by atoms with van der Waals surface area (Å²) in [5.41, 5.74) is 3.96. The van der Waals surface area contributed by atoms with Gasteiger partial charge in [-0.15, -0.1) is 0 Å². The largest absolute Gasteiger partial charge is 0.447 e. The van der Waals surface area contributed by atoms with E-state index in [2.05, 4.69) is 19.1 Å². The molecule has 1 spiro atoms. The molecule has 5 saturated carbocycles. The lowest BCUT2D eigenvalue weighted by atomic mass is 9.49. The van der Waals surface area contributed by atoms with Gasteiger partial charge in [0.15, 0.2) is 11.4 Å². The van der Waals surface area contributed by atoms with Crippen LogP contribution in [0.4, 0.5) is 0 Å². The Morgan fingerprint density at radius 2 is 1.52 bits per heavy atom. The molecular weight excluding hydrogens is 412 g/mol. The van der Waals surface area contributed by atoms with Crippen molar-refractivity contribution in [1.82, 2.24) is 0 Å². The van der Waals surface area contributed by atoms with E-state index in [0.717, 1.165) is 65.7 Å². The van der Waals surface area contributed by atoms with Crippen molar-refractivity contribution in [3.63, 3.8) is 0 Å². The average Bonchev–Trinajstić information content (AvgIpc) is 3.26. The Bertz CT molecular complexity index is 997. The molecule has 4 heteroatoms. The first-order valence-corrected chi connectivity index (χ1v) is 13.0. The summed E-state index contributed by atoms with van der Waals surface area (Å²) in [6, 6.07) is 4.19. The quantitative estimate of drug-likeness (QED) is 0.504. The van der Waals surface area contributed by atoms with Crippen LogP contribution in [0.2, 0.25) is 0 Å². The van der Waals surface area contributed by atoms with Gasteiger partial charge in [-0.25, -0.2) is 4.79 Å². The zero-order valence-corrected chi connectivity index (χ0v) is 20.3. The molecule has 4 nitrogen and oxygen atoms in total. The third-order valence-corrected chi connectivity index (χ3v) is 9.37. The molecule has 0 unspecified atom stereocenters. The lowest BCUT2D eigenvalue weighted by Gasteiger charge is -2.56. The van der Waals surface area contributed by atoms with Gasteiger partial charge in [0.1, 0.15) is 5.57 Å². The van der Waals surface area contributed by atoms with Crippen LogP contribution in [0, 0.1) is 43.9 Å². The highest BCUT2D eigenvalue weighted by Crippen LogP contribution is 2.61. The number of carbonyl (C=O) groups is 2. The van der Waals surface area contributed by atoms with E-state index in [0.29, 0.717) is 17.8 Å². The van der Waals surface area contributed by atoms with Crippen LogP contribution >= 0.6 is 0 Å². The second kappa shape index (κ2) is 7.45. The molecule has 0 amide bonds. The number of ether oxygens (including phenoxy) is 2. The van der Waals surface area contributed by atoms with Crippen molar-refractivity contribution in [1.29, 1.82) is 0 Å². The van der Waals surface area contributed by atoms with E-state index in [1.807, 2.05) is 13.8 Å². The number of aryl methyl sites for hydroxylation is 3. The van der Waals surface area contributed by atoms with Gasteiger partial charge in [0.25, 0.3) is 0 Å². The molecule has 0 saturated heterocycles. The third-order valence-electron chi connectivity index (χ3n) is 9.37. The SMILES string of the molecule is Cc1cc(C)c(C2=C(OC(=O)CC34CC5CC(CC(C5)C3)C4)C3(CCCC3)OC2=O)c(C)c1. The van der Waals surface area contributed by atoms with Crippen molar-refractivity contribution in [2.45, 2.75) is 97.0 Å². The molecule has 5 aliphatic carbocycles. The molecule has 1 aromatic carbocycles. The van der Waals surface area contributed by atoms with Gasteiger partial charge in [-0.3, -0.25) is 4.79 Å². The molecule has 0 N–H and O–H groups in total. The number of hydrogen-bond acceptors (Lipinski definition) is 4. The highest BCUT2D eigenvalue weighted by atomic mass is 16.6. The number of hydrogen-bond donors (Lipinski definition) is 0. The number of benzene rings is 1. The van der Waals surface area contributed by atoms with E-state index in [9.17, 15) is 9.59 Å². The maximum Gasteiger partial charge on any atom is 0.343 e. The van der Waals surface area contributed by atoms with Gasteiger partial charge in [0.2, 0.25) is 0 Å². The second-order valence-corrected chi connectivity index (χ2v) is 12.1.